The van der Waals surface area contributed by atoms with E-state index in [0.29, 0.717) is 6.42 Å². The van der Waals surface area contributed by atoms with Crippen LogP contribution in [0.1, 0.15) is 6.42 Å². The fourth-order valence-electron chi connectivity index (χ4n) is 1.32. The van der Waals surface area contributed by atoms with Crippen LogP contribution in [-0.4, -0.2) is 32.8 Å². The van der Waals surface area contributed by atoms with Gasteiger partial charge in [0, 0.05) is 0 Å². The summed E-state index contributed by atoms with van der Waals surface area (Å²) in [5.41, 5.74) is 0. The van der Waals surface area contributed by atoms with Crippen molar-refractivity contribution in [2.45, 2.75) is 16.9 Å². The van der Waals surface area contributed by atoms with Gasteiger partial charge >= 0.3 is 0 Å². The van der Waals surface area contributed by atoms with Crippen molar-refractivity contribution < 1.29 is 19.2 Å². The summed E-state index contributed by atoms with van der Waals surface area (Å²) < 4.78 is 0. The zero-order valence-electron chi connectivity index (χ0n) is 7.89. The zero-order chi connectivity index (χ0) is 11.7. The topological polar surface area (TPSA) is 92.3 Å². The van der Waals surface area contributed by atoms with Gasteiger partial charge in [-0.2, -0.15) is 0 Å². The third kappa shape index (κ3) is 2.38. The second kappa shape index (κ2) is 4.46. The largest absolute Gasteiger partial charge is 0.286 e. The highest BCUT2D eigenvalue weighted by Crippen LogP contribution is 2.28. The Morgan fingerprint density at radius 2 is 1.62 bits per heavy atom. The number of hydrogen-bond donors (Lipinski definition) is 2. The fraction of sp³-hybridized carbons (Fsp3) is 0.375. The molecule has 2 saturated heterocycles. The van der Waals surface area contributed by atoms with E-state index in [-0.39, 0.29) is 22.3 Å². The van der Waals surface area contributed by atoms with E-state index in [2.05, 4.69) is 10.6 Å². The van der Waals surface area contributed by atoms with Gasteiger partial charge in [-0.25, -0.2) is 0 Å². The molecule has 2 unspecified atom stereocenters. The number of carbonyl (C=O) groups is 4. The van der Waals surface area contributed by atoms with E-state index in [9.17, 15) is 19.2 Å². The lowest BCUT2D eigenvalue weighted by atomic mass is 10.1. The van der Waals surface area contributed by atoms with Gasteiger partial charge in [0.2, 0.25) is 11.8 Å². The molecule has 2 heterocycles. The molecule has 0 spiro atoms. The van der Waals surface area contributed by atoms with Gasteiger partial charge in [-0.1, -0.05) is 23.5 Å². The molecule has 2 rings (SSSR count). The SMILES string of the molecule is O=C1NC(=O)C([CH]CC2SC(=O)NC2=O)S1. The van der Waals surface area contributed by atoms with Gasteiger partial charge < -0.3 is 0 Å². The highest BCUT2D eigenvalue weighted by Gasteiger charge is 2.36. The molecule has 8 heteroatoms. The molecule has 2 aliphatic rings. The van der Waals surface area contributed by atoms with Gasteiger partial charge in [0.15, 0.2) is 0 Å². The van der Waals surface area contributed by atoms with Crippen molar-refractivity contribution in [1.29, 1.82) is 0 Å². The van der Waals surface area contributed by atoms with Crippen molar-refractivity contribution in [3.05, 3.63) is 6.42 Å². The van der Waals surface area contributed by atoms with Crippen LogP contribution in [-0.2, 0) is 9.59 Å². The Bertz CT molecular complexity index is 348. The van der Waals surface area contributed by atoms with Gasteiger partial charge in [0.05, 0.1) is 10.5 Å². The molecule has 0 aromatic carbocycles. The maximum Gasteiger partial charge on any atom is 0.286 e. The molecule has 2 N–H and O–H groups in total. The van der Waals surface area contributed by atoms with Crippen LogP contribution in [0.25, 0.3) is 0 Å². The number of rotatable bonds is 3. The van der Waals surface area contributed by atoms with Crippen molar-refractivity contribution in [2.24, 2.45) is 0 Å². The van der Waals surface area contributed by atoms with E-state index in [1.807, 2.05) is 0 Å². The van der Waals surface area contributed by atoms with Gasteiger partial charge in [-0.3, -0.25) is 29.8 Å². The fourth-order valence-corrected chi connectivity index (χ4v) is 2.88. The van der Waals surface area contributed by atoms with Crippen LogP contribution in [0.3, 0.4) is 0 Å². The average molecular weight is 259 g/mol. The summed E-state index contributed by atoms with van der Waals surface area (Å²) in [4.78, 5) is 44.1. The Kier molecular flexibility index (Phi) is 3.20. The highest BCUT2D eigenvalue weighted by molar-refractivity contribution is 8.15. The summed E-state index contributed by atoms with van der Waals surface area (Å²) in [6.45, 7) is 0. The van der Waals surface area contributed by atoms with Crippen molar-refractivity contribution in [2.75, 3.05) is 0 Å². The predicted molar refractivity (Wildman–Crippen MR) is 58.8 cm³/mol. The number of amides is 4. The first kappa shape index (κ1) is 11.5. The first-order chi connectivity index (χ1) is 7.56. The third-order valence-corrected chi connectivity index (χ3v) is 4.03. The molecule has 2 fully saturated rings. The van der Waals surface area contributed by atoms with Crippen LogP contribution in [0.15, 0.2) is 0 Å². The standard InChI is InChI=1S/C8H7N2O4S2/c11-5-3(15-7(13)9-5)1-2-4-6(12)10-8(14)16-4/h1,3-4H,2H2,(H,9,11,13)(H,10,12,14). The maximum atomic E-state index is 11.2. The Morgan fingerprint density at radius 3 is 2.12 bits per heavy atom. The summed E-state index contributed by atoms with van der Waals surface area (Å²) in [5, 5.41) is 2.49. The normalized spacial score (nSPS) is 29.5. The van der Waals surface area contributed by atoms with Gasteiger partial charge in [0.25, 0.3) is 10.5 Å². The quantitative estimate of drug-likeness (QED) is 0.756. The third-order valence-electron chi connectivity index (χ3n) is 2.05. The van der Waals surface area contributed by atoms with Crippen LogP contribution in [0, 0.1) is 6.42 Å². The lowest BCUT2D eigenvalue weighted by Gasteiger charge is -2.06. The summed E-state index contributed by atoms with van der Waals surface area (Å²) in [6.07, 6.45) is 1.88. The molecule has 1 radical (unpaired) electrons. The minimum absolute atomic E-state index is 0.292. The summed E-state index contributed by atoms with van der Waals surface area (Å²) in [6, 6.07) is 0. The molecule has 85 valence electrons. The van der Waals surface area contributed by atoms with Crippen molar-refractivity contribution in [3.63, 3.8) is 0 Å². The summed E-state index contributed by atoms with van der Waals surface area (Å²) in [7, 11) is 0. The molecular weight excluding hydrogens is 252 g/mol. The lowest BCUT2D eigenvalue weighted by molar-refractivity contribution is -0.120. The molecule has 0 aromatic rings. The van der Waals surface area contributed by atoms with E-state index < -0.39 is 10.5 Å². The minimum Gasteiger partial charge on any atom is -0.286 e. The second-order valence-corrected chi connectivity index (χ2v) is 5.46. The van der Waals surface area contributed by atoms with Crippen LogP contribution in [0.2, 0.25) is 0 Å². The van der Waals surface area contributed by atoms with Gasteiger partial charge in [-0.05, 0) is 12.8 Å². The number of carbonyl (C=O) groups excluding carboxylic acids is 4. The molecule has 0 aromatic heterocycles. The number of thioether (sulfide) groups is 2. The molecule has 0 saturated carbocycles. The van der Waals surface area contributed by atoms with Crippen LogP contribution in [0.5, 0.6) is 0 Å². The van der Waals surface area contributed by atoms with Crippen molar-refractivity contribution >= 4 is 45.8 Å². The average Bonchev–Trinajstić information content (AvgIpc) is 2.66. The van der Waals surface area contributed by atoms with E-state index in [0.717, 1.165) is 23.5 Å². The molecule has 0 bridgehead atoms. The van der Waals surface area contributed by atoms with E-state index in [4.69, 9.17) is 0 Å². The smallest absolute Gasteiger partial charge is 0.286 e. The Hall–Kier alpha value is -1.02. The minimum atomic E-state index is -0.559. The molecule has 16 heavy (non-hydrogen) atoms. The van der Waals surface area contributed by atoms with E-state index in [1.165, 1.54) is 0 Å². The molecule has 0 aliphatic carbocycles. The molecular formula is C8H7N2O4S2. The van der Waals surface area contributed by atoms with Crippen LogP contribution >= 0.6 is 23.5 Å². The van der Waals surface area contributed by atoms with Crippen LogP contribution in [0.4, 0.5) is 9.59 Å². The monoisotopic (exact) mass is 259 g/mol. The Labute approximate surface area is 99.3 Å². The number of nitrogens with one attached hydrogen (secondary N) is 2. The zero-order valence-corrected chi connectivity index (χ0v) is 9.52. The second-order valence-electron chi connectivity index (χ2n) is 3.17. The summed E-state index contributed by atoms with van der Waals surface area (Å²) in [5.74, 6) is -0.717. The highest BCUT2D eigenvalue weighted by atomic mass is 32.2. The van der Waals surface area contributed by atoms with E-state index in [1.54, 1.807) is 6.42 Å². The van der Waals surface area contributed by atoms with Crippen molar-refractivity contribution in [3.8, 4) is 0 Å². The predicted octanol–water partition coefficient (Wildman–Crippen LogP) is 0.284. The Morgan fingerprint density at radius 1 is 1.00 bits per heavy atom. The Balaban J connectivity index is 1.84. The maximum absolute atomic E-state index is 11.2. The van der Waals surface area contributed by atoms with Crippen LogP contribution < -0.4 is 10.6 Å². The molecule has 6 nitrogen and oxygen atoms in total. The van der Waals surface area contributed by atoms with E-state index >= 15 is 0 Å². The number of hydrogen-bond acceptors (Lipinski definition) is 6. The lowest BCUT2D eigenvalue weighted by Crippen LogP contribution is -2.27. The molecule has 2 aliphatic heterocycles. The van der Waals surface area contributed by atoms with Crippen molar-refractivity contribution in [1.82, 2.24) is 10.6 Å². The molecule has 4 amide bonds. The van der Waals surface area contributed by atoms with Gasteiger partial charge in [-0.15, -0.1) is 0 Å². The number of imide groups is 2. The first-order valence-corrected chi connectivity index (χ1v) is 6.18. The van der Waals surface area contributed by atoms with Gasteiger partial charge in [0.1, 0.15) is 0 Å². The first-order valence-electron chi connectivity index (χ1n) is 4.42. The molecule has 2 atom stereocenters. The summed E-state index contributed by atoms with van der Waals surface area (Å²) >= 11 is 1.78.